The monoisotopic (exact) mass is 226 g/mol. The Balaban J connectivity index is 2.94. The molecule has 94 valence electrons. The van der Waals surface area contributed by atoms with E-state index in [4.69, 9.17) is 4.74 Å². The molecule has 0 aromatic rings. The van der Waals surface area contributed by atoms with Gasteiger partial charge in [-0.3, -0.25) is 4.79 Å². The fourth-order valence-corrected chi connectivity index (χ4v) is 2.59. The van der Waals surface area contributed by atoms with Crippen LogP contribution in [0.1, 0.15) is 67.2 Å². The van der Waals surface area contributed by atoms with Crippen molar-refractivity contribution in [3.8, 4) is 0 Å². The van der Waals surface area contributed by atoms with Gasteiger partial charge in [-0.1, -0.05) is 20.8 Å². The smallest absolute Gasteiger partial charge is 0.169 e. The molecule has 1 saturated carbocycles. The number of carbonyl (C=O) groups is 1. The minimum absolute atomic E-state index is 0.245. The molecule has 0 N–H and O–H groups in total. The molecular formula is C14H26O2. The summed E-state index contributed by atoms with van der Waals surface area (Å²) in [6.07, 6.45) is 4.00. The van der Waals surface area contributed by atoms with Gasteiger partial charge < -0.3 is 4.74 Å². The van der Waals surface area contributed by atoms with Crippen LogP contribution in [0, 0.1) is 5.41 Å². The normalized spacial score (nSPS) is 21.1. The summed E-state index contributed by atoms with van der Waals surface area (Å²) in [5, 5.41) is 0. The van der Waals surface area contributed by atoms with Gasteiger partial charge in [-0.25, -0.2) is 0 Å². The predicted molar refractivity (Wildman–Crippen MR) is 66.5 cm³/mol. The maximum atomic E-state index is 12.5. The van der Waals surface area contributed by atoms with Gasteiger partial charge in [0.2, 0.25) is 0 Å². The first kappa shape index (κ1) is 13.7. The van der Waals surface area contributed by atoms with Crippen molar-refractivity contribution in [3.05, 3.63) is 0 Å². The summed E-state index contributed by atoms with van der Waals surface area (Å²) in [5.41, 5.74) is -1.07. The zero-order chi connectivity index (χ0) is 12.6. The Bertz CT molecular complexity index is 259. The molecule has 0 saturated heterocycles. The first-order chi connectivity index (χ1) is 7.07. The van der Waals surface area contributed by atoms with Gasteiger partial charge >= 0.3 is 0 Å². The Kier molecular flexibility index (Phi) is 3.54. The van der Waals surface area contributed by atoms with E-state index < -0.39 is 5.60 Å². The lowest BCUT2D eigenvalue weighted by atomic mass is 9.78. The van der Waals surface area contributed by atoms with Crippen LogP contribution < -0.4 is 0 Å². The van der Waals surface area contributed by atoms with Gasteiger partial charge in [0.25, 0.3) is 0 Å². The second kappa shape index (κ2) is 4.14. The number of rotatable bonds is 2. The molecule has 1 aliphatic carbocycles. The van der Waals surface area contributed by atoms with Crippen molar-refractivity contribution in [1.82, 2.24) is 0 Å². The zero-order valence-electron chi connectivity index (χ0n) is 11.6. The van der Waals surface area contributed by atoms with Crippen LogP contribution in [0.15, 0.2) is 0 Å². The van der Waals surface area contributed by atoms with Gasteiger partial charge in [0, 0.05) is 5.41 Å². The van der Waals surface area contributed by atoms with E-state index in [0.717, 1.165) is 25.7 Å². The van der Waals surface area contributed by atoms with Crippen LogP contribution >= 0.6 is 0 Å². The Hall–Kier alpha value is -0.370. The molecule has 0 aromatic heterocycles. The molecule has 16 heavy (non-hydrogen) atoms. The van der Waals surface area contributed by atoms with Crippen LogP contribution in [-0.4, -0.2) is 17.0 Å². The molecule has 1 rings (SSSR count). The van der Waals surface area contributed by atoms with E-state index in [1.54, 1.807) is 0 Å². The Morgan fingerprint density at radius 2 is 1.44 bits per heavy atom. The van der Waals surface area contributed by atoms with Crippen LogP contribution in [0.25, 0.3) is 0 Å². The summed E-state index contributed by atoms with van der Waals surface area (Å²) in [5.74, 6) is 0.271. The minimum Gasteiger partial charge on any atom is -0.362 e. The van der Waals surface area contributed by atoms with Gasteiger partial charge in [0.05, 0.1) is 5.60 Å². The zero-order valence-corrected chi connectivity index (χ0v) is 11.6. The number of carbonyl (C=O) groups excluding carboxylic acids is 1. The Morgan fingerprint density at radius 3 is 1.75 bits per heavy atom. The van der Waals surface area contributed by atoms with Gasteiger partial charge in [0.15, 0.2) is 5.78 Å². The van der Waals surface area contributed by atoms with E-state index in [1.165, 1.54) is 0 Å². The van der Waals surface area contributed by atoms with Crippen LogP contribution in [0.2, 0.25) is 0 Å². The lowest BCUT2D eigenvalue weighted by Gasteiger charge is -2.39. The Labute approximate surface area is 99.8 Å². The number of ether oxygens (including phenoxy) is 1. The molecule has 0 aliphatic heterocycles. The summed E-state index contributed by atoms with van der Waals surface area (Å²) in [6.45, 7) is 12.1. The fraction of sp³-hybridized carbons (Fsp3) is 0.929. The van der Waals surface area contributed by atoms with Crippen LogP contribution in [0.4, 0.5) is 0 Å². The van der Waals surface area contributed by atoms with Gasteiger partial charge in [0.1, 0.15) is 5.60 Å². The molecule has 0 bridgehead atoms. The van der Waals surface area contributed by atoms with E-state index >= 15 is 0 Å². The number of ketones is 1. The maximum absolute atomic E-state index is 12.5. The molecular weight excluding hydrogens is 200 g/mol. The molecule has 0 amide bonds. The molecule has 2 nitrogen and oxygen atoms in total. The summed E-state index contributed by atoms with van der Waals surface area (Å²) in [6, 6.07) is 0. The first-order valence-corrected chi connectivity index (χ1v) is 6.32. The number of hydrogen-bond acceptors (Lipinski definition) is 2. The number of Topliss-reactive ketones (excluding diaryl/α,β-unsaturated/α-hetero) is 1. The van der Waals surface area contributed by atoms with E-state index in [2.05, 4.69) is 0 Å². The van der Waals surface area contributed by atoms with E-state index in [-0.39, 0.29) is 16.8 Å². The van der Waals surface area contributed by atoms with E-state index in [9.17, 15) is 4.79 Å². The first-order valence-electron chi connectivity index (χ1n) is 6.32. The molecule has 0 unspecified atom stereocenters. The summed E-state index contributed by atoms with van der Waals surface area (Å²) < 4.78 is 6.13. The SMILES string of the molecule is CC(C)(C)OC1(C(=O)C(C)(C)C)CCCC1. The van der Waals surface area contributed by atoms with Crippen LogP contribution in [-0.2, 0) is 9.53 Å². The third-order valence-electron chi connectivity index (χ3n) is 3.01. The van der Waals surface area contributed by atoms with Crippen molar-refractivity contribution >= 4 is 5.78 Å². The predicted octanol–water partition coefficient (Wildman–Crippen LogP) is 3.73. The van der Waals surface area contributed by atoms with Crippen molar-refractivity contribution in [2.24, 2.45) is 5.41 Å². The molecule has 0 radical (unpaired) electrons. The molecule has 0 heterocycles. The highest BCUT2D eigenvalue weighted by molar-refractivity contribution is 5.92. The highest BCUT2D eigenvalue weighted by Gasteiger charge is 2.48. The molecule has 1 fully saturated rings. The Morgan fingerprint density at radius 1 is 1.00 bits per heavy atom. The topological polar surface area (TPSA) is 26.3 Å². The average Bonchev–Trinajstić information content (AvgIpc) is 2.48. The highest BCUT2D eigenvalue weighted by Crippen LogP contribution is 2.41. The minimum atomic E-state index is -0.517. The third-order valence-corrected chi connectivity index (χ3v) is 3.01. The van der Waals surface area contributed by atoms with Crippen molar-refractivity contribution in [2.75, 3.05) is 0 Å². The van der Waals surface area contributed by atoms with E-state index in [1.807, 2.05) is 41.5 Å². The van der Waals surface area contributed by atoms with Crippen molar-refractivity contribution in [3.63, 3.8) is 0 Å². The van der Waals surface area contributed by atoms with Crippen LogP contribution in [0.5, 0.6) is 0 Å². The summed E-state index contributed by atoms with van der Waals surface area (Å²) >= 11 is 0. The molecule has 0 spiro atoms. The lowest BCUT2D eigenvalue weighted by molar-refractivity contribution is -0.171. The largest absolute Gasteiger partial charge is 0.362 e. The second-order valence-corrected chi connectivity index (χ2v) is 6.99. The average molecular weight is 226 g/mol. The van der Waals surface area contributed by atoms with E-state index in [0.29, 0.717) is 0 Å². The fourth-order valence-electron chi connectivity index (χ4n) is 2.59. The van der Waals surface area contributed by atoms with Crippen molar-refractivity contribution in [1.29, 1.82) is 0 Å². The van der Waals surface area contributed by atoms with Crippen molar-refractivity contribution < 1.29 is 9.53 Å². The second-order valence-electron chi connectivity index (χ2n) is 6.99. The summed E-state index contributed by atoms with van der Waals surface area (Å²) in [4.78, 5) is 12.5. The van der Waals surface area contributed by atoms with Crippen LogP contribution in [0.3, 0.4) is 0 Å². The molecule has 1 aliphatic rings. The molecule has 0 aromatic carbocycles. The highest BCUT2D eigenvalue weighted by atomic mass is 16.5. The quantitative estimate of drug-likeness (QED) is 0.717. The third kappa shape index (κ3) is 3.07. The number of hydrogen-bond donors (Lipinski definition) is 0. The van der Waals surface area contributed by atoms with Gasteiger partial charge in [-0.15, -0.1) is 0 Å². The summed E-state index contributed by atoms with van der Waals surface area (Å²) in [7, 11) is 0. The van der Waals surface area contributed by atoms with Gasteiger partial charge in [-0.05, 0) is 46.5 Å². The maximum Gasteiger partial charge on any atom is 0.169 e. The van der Waals surface area contributed by atoms with Gasteiger partial charge in [-0.2, -0.15) is 0 Å². The molecule has 0 atom stereocenters. The lowest BCUT2D eigenvalue weighted by Crippen LogP contribution is -2.49. The molecule has 2 heteroatoms. The standard InChI is InChI=1S/C14H26O2/c1-12(2,3)11(15)14(9-7-8-10-14)16-13(4,5)6/h7-10H2,1-6H3. The van der Waals surface area contributed by atoms with Crippen molar-refractivity contribution in [2.45, 2.75) is 78.4 Å².